The highest BCUT2D eigenvalue weighted by Gasteiger charge is 2.28. The van der Waals surface area contributed by atoms with Crippen LogP contribution in [-0.4, -0.2) is 22.0 Å². The summed E-state index contributed by atoms with van der Waals surface area (Å²) in [5.41, 5.74) is 3.49. The number of carbonyl (C=O) groups is 2. The SMILES string of the molecule is O=C(C[C@H]1Sc2ccccc2NC1=O)Nc1ccc(-c2nc3ccccc3s2)cc1. The zero-order valence-corrected chi connectivity index (χ0v) is 17.4. The third-order valence-electron chi connectivity index (χ3n) is 4.79. The highest BCUT2D eigenvalue weighted by Crippen LogP contribution is 2.36. The Morgan fingerprint density at radius 3 is 2.60 bits per heavy atom. The molecule has 0 fully saturated rings. The maximum Gasteiger partial charge on any atom is 0.238 e. The van der Waals surface area contributed by atoms with Crippen LogP contribution in [0.1, 0.15) is 6.42 Å². The van der Waals surface area contributed by atoms with E-state index in [9.17, 15) is 9.59 Å². The van der Waals surface area contributed by atoms with Crippen molar-refractivity contribution in [3.8, 4) is 10.6 Å². The summed E-state index contributed by atoms with van der Waals surface area (Å²) >= 11 is 3.07. The van der Waals surface area contributed by atoms with E-state index in [0.29, 0.717) is 5.69 Å². The van der Waals surface area contributed by atoms with Crippen LogP contribution in [0.5, 0.6) is 0 Å². The second-order valence-electron chi connectivity index (χ2n) is 6.91. The number of benzene rings is 3. The molecule has 2 N–H and O–H groups in total. The van der Waals surface area contributed by atoms with Gasteiger partial charge in [-0.3, -0.25) is 9.59 Å². The van der Waals surface area contributed by atoms with Crippen LogP contribution in [0, 0.1) is 0 Å². The number of aromatic nitrogens is 1. The maximum atomic E-state index is 12.5. The normalized spacial score (nSPS) is 15.5. The van der Waals surface area contributed by atoms with Crippen molar-refractivity contribution in [3.05, 3.63) is 72.8 Å². The molecule has 1 aromatic heterocycles. The van der Waals surface area contributed by atoms with Gasteiger partial charge in [-0.2, -0.15) is 0 Å². The lowest BCUT2D eigenvalue weighted by Gasteiger charge is -2.23. The first-order chi connectivity index (χ1) is 14.7. The molecule has 4 aromatic rings. The van der Waals surface area contributed by atoms with Crippen LogP contribution < -0.4 is 10.6 Å². The lowest BCUT2D eigenvalue weighted by molar-refractivity contribution is -0.120. The summed E-state index contributed by atoms with van der Waals surface area (Å²) in [6.07, 6.45) is 0.116. The van der Waals surface area contributed by atoms with Gasteiger partial charge in [-0.15, -0.1) is 23.1 Å². The number of anilines is 2. The Kier molecular flexibility index (Phi) is 4.98. The van der Waals surface area contributed by atoms with Crippen LogP contribution in [0.4, 0.5) is 11.4 Å². The summed E-state index contributed by atoms with van der Waals surface area (Å²) in [6.45, 7) is 0. The van der Waals surface area contributed by atoms with Crippen LogP contribution >= 0.6 is 23.1 Å². The summed E-state index contributed by atoms with van der Waals surface area (Å²) < 4.78 is 1.15. The number of thioether (sulfide) groups is 1. The van der Waals surface area contributed by atoms with Crippen molar-refractivity contribution < 1.29 is 9.59 Å². The molecular formula is C23H17N3O2S2. The third-order valence-corrected chi connectivity index (χ3v) is 7.15. The highest BCUT2D eigenvalue weighted by molar-refractivity contribution is 8.01. The fraction of sp³-hybridized carbons (Fsp3) is 0.0870. The number of nitrogens with zero attached hydrogens (tertiary/aromatic N) is 1. The van der Waals surface area contributed by atoms with E-state index >= 15 is 0 Å². The van der Waals surface area contributed by atoms with Crippen LogP contribution in [0.3, 0.4) is 0 Å². The van der Waals surface area contributed by atoms with Gasteiger partial charge >= 0.3 is 0 Å². The first kappa shape index (κ1) is 18.8. The van der Waals surface area contributed by atoms with Crippen molar-refractivity contribution in [1.82, 2.24) is 4.98 Å². The van der Waals surface area contributed by atoms with Gasteiger partial charge in [0.25, 0.3) is 0 Å². The molecule has 2 amide bonds. The van der Waals surface area contributed by atoms with E-state index in [1.54, 1.807) is 11.3 Å². The fourth-order valence-electron chi connectivity index (χ4n) is 3.30. The van der Waals surface area contributed by atoms with Crippen molar-refractivity contribution in [2.45, 2.75) is 16.6 Å². The van der Waals surface area contributed by atoms with Crippen molar-refractivity contribution in [2.75, 3.05) is 10.6 Å². The van der Waals surface area contributed by atoms with Gasteiger partial charge in [-0.05, 0) is 48.5 Å². The monoisotopic (exact) mass is 431 g/mol. The Labute approximate surface area is 181 Å². The van der Waals surface area contributed by atoms with Crippen molar-refractivity contribution >= 4 is 56.5 Å². The van der Waals surface area contributed by atoms with Crippen molar-refractivity contribution in [2.24, 2.45) is 0 Å². The van der Waals surface area contributed by atoms with Gasteiger partial charge in [-0.25, -0.2) is 4.98 Å². The molecule has 0 radical (unpaired) electrons. The zero-order chi connectivity index (χ0) is 20.5. The van der Waals surface area contributed by atoms with Crippen molar-refractivity contribution in [1.29, 1.82) is 0 Å². The molecule has 5 nitrogen and oxygen atoms in total. The number of thiazole rings is 1. The minimum Gasteiger partial charge on any atom is -0.326 e. The standard InChI is InChI=1S/C23H17N3O2S2/c27-21(13-20-22(28)25-16-5-1-3-7-18(16)29-20)24-15-11-9-14(10-12-15)23-26-17-6-2-4-8-19(17)30-23/h1-12,20H,13H2,(H,24,27)(H,25,28)/t20-/m1/s1. The lowest BCUT2D eigenvalue weighted by atomic mass is 10.2. The van der Waals surface area contributed by atoms with Gasteiger partial charge in [0.15, 0.2) is 0 Å². The average Bonchev–Trinajstić information content (AvgIpc) is 3.19. The summed E-state index contributed by atoms with van der Waals surface area (Å²) in [6, 6.07) is 23.3. The van der Waals surface area contributed by atoms with E-state index in [4.69, 9.17) is 0 Å². The minimum absolute atomic E-state index is 0.116. The molecule has 30 heavy (non-hydrogen) atoms. The molecule has 0 aliphatic carbocycles. The number of rotatable bonds is 4. The molecule has 148 valence electrons. The first-order valence-corrected chi connectivity index (χ1v) is 11.2. The largest absolute Gasteiger partial charge is 0.326 e. The summed E-state index contributed by atoms with van der Waals surface area (Å²) in [5, 5.41) is 6.26. The number of hydrogen-bond acceptors (Lipinski definition) is 5. The predicted molar refractivity (Wildman–Crippen MR) is 123 cm³/mol. The molecule has 0 saturated carbocycles. The summed E-state index contributed by atoms with van der Waals surface area (Å²) in [4.78, 5) is 30.4. The Morgan fingerprint density at radius 1 is 1.00 bits per heavy atom. The molecule has 1 aliphatic heterocycles. The molecule has 5 rings (SSSR count). The zero-order valence-electron chi connectivity index (χ0n) is 15.8. The molecule has 3 aromatic carbocycles. The molecule has 7 heteroatoms. The van der Waals surface area contributed by atoms with Crippen LogP contribution in [-0.2, 0) is 9.59 Å². The molecule has 0 unspecified atom stereocenters. The van der Waals surface area contributed by atoms with Crippen LogP contribution in [0.25, 0.3) is 20.8 Å². The minimum atomic E-state index is -0.443. The van der Waals surface area contributed by atoms with Gasteiger partial charge in [0, 0.05) is 22.6 Å². The smallest absolute Gasteiger partial charge is 0.238 e. The predicted octanol–water partition coefficient (Wildman–Crippen LogP) is 5.40. The number of carbonyl (C=O) groups excluding carboxylic acids is 2. The van der Waals surface area contributed by atoms with E-state index in [1.165, 1.54) is 11.8 Å². The number of nitrogens with one attached hydrogen (secondary N) is 2. The number of hydrogen-bond donors (Lipinski definition) is 2. The third kappa shape index (κ3) is 3.81. The number of para-hydroxylation sites is 2. The number of fused-ring (bicyclic) bond motifs is 2. The summed E-state index contributed by atoms with van der Waals surface area (Å²) in [5.74, 6) is -0.324. The summed E-state index contributed by atoms with van der Waals surface area (Å²) in [7, 11) is 0. The van der Waals surface area contributed by atoms with Crippen molar-refractivity contribution in [3.63, 3.8) is 0 Å². The quantitative estimate of drug-likeness (QED) is 0.454. The molecule has 1 aliphatic rings. The highest BCUT2D eigenvalue weighted by atomic mass is 32.2. The van der Waals surface area contributed by atoms with Gasteiger partial charge < -0.3 is 10.6 Å². The van der Waals surface area contributed by atoms with Crippen LogP contribution in [0.2, 0.25) is 0 Å². The molecule has 2 heterocycles. The molecule has 0 saturated heterocycles. The van der Waals surface area contributed by atoms with Gasteiger partial charge in [0.2, 0.25) is 11.8 Å². The Balaban J connectivity index is 1.25. The average molecular weight is 432 g/mol. The Bertz CT molecular complexity index is 1220. The Morgan fingerprint density at radius 2 is 1.77 bits per heavy atom. The van der Waals surface area contributed by atoms with Gasteiger partial charge in [0.05, 0.1) is 21.2 Å². The van der Waals surface area contributed by atoms with E-state index in [-0.39, 0.29) is 18.2 Å². The Hall–Kier alpha value is -3.16. The second-order valence-corrected chi connectivity index (χ2v) is 9.18. The first-order valence-electron chi connectivity index (χ1n) is 9.48. The van der Waals surface area contributed by atoms with E-state index in [1.807, 2.05) is 66.7 Å². The van der Waals surface area contributed by atoms with E-state index in [0.717, 1.165) is 31.4 Å². The molecule has 1 atom stereocenters. The molecule has 0 spiro atoms. The van der Waals surface area contributed by atoms with Crippen LogP contribution in [0.15, 0.2) is 77.7 Å². The topological polar surface area (TPSA) is 71.1 Å². The van der Waals surface area contributed by atoms with E-state index < -0.39 is 5.25 Å². The lowest BCUT2D eigenvalue weighted by Crippen LogP contribution is -2.32. The van der Waals surface area contributed by atoms with Gasteiger partial charge in [-0.1, -0.05) is 24.3 Å². The maximum absolute atomic E-state index is 12.5. The molecule has 0 bridgehead atoms. The van der Waals surface area contributed by atoms with E-state index in [2.05, 4.69) is 21.7 Å². The second kappa shape index (κ2) is 7.93. The molecular weight excluding hydrogens is 414 g/mol. The fourth-order valence-corrected chi connectivity index (χ4v) is 5.38. The number of amides is 2. The van der Waals surface area contributed by atoms with Gasteiger partial charge in [0.1, 0.15) is 5.01 Å².